The Hall–Kier alpha value is -3.83. The van der Waals surface area contributed by atoms with Gasteiger partial charge in [-0.05, 0) is 61.2 Å². The van der Waals surface area contributed by atoms with Gasteiger partial charge in [0.05, 0.1) is 22.0 Å². The Labute approximate surface area is 242 Å². The summed E-state index contributed by atoms with van der Waals surface area (Å²) in [4.78, 5) is 30.7. The molecule has 1 aliphatic rings. The van der Waals surface area contributed by atoms with E-state index in [9.17, 15) is 9.59 Å². The number of rotatable bonds is 8. The van der Waals surface area contributed by atoms with E-state index in [1.54, 1.807) is 0 Å². The van der Waals surface area contributed by atoms with E-state index in [0.717, 1.165) is 29.1 Å². The highest BCUT2D eigenvalue weighted by molar-refractivity contribution is 6.32. The van der Waals surface area contributed by atoms with Crippen LogP contribution in [0.15, 0.2) is 84.9 Å². The minimum absolute atomic E-state index is 0.0241. The lowest BCUT2D eigenvalue weighted by molar-refractivity contribution is 0.0535. The predicted octanol–water partition coefficient (Wildman–Crippen LogP) is 7.44. The Kier molecular flexibility index (Phi) is 8.71. The molecule has 5 rings (SSSR count). The molecule has 1 fully saturated rings. The Morgan fingerprint density at radius 1 is 0.775 bits per heavy atom. The number of para-hydroxylation sites is 1. The van der Waals surface area contributed by atoms with Gasteiger partial charge in [-0.3, -0.25) is 9.59 Å². The normalized spacial score (nSPS) is 13.5. The van der Waals surface area contributed by atoms with Crippen molar-refractivity contribution in [3.05, 3.63) is 112 Å². The van der Waals surface area contributed by atoms with E-state index in [4.69, 9.17) is 11.6 Å². The van der Waals surface area contributed by atoms with Crippen molar-refractivity contribution < 1.29 is 9.59 Å². The number of benzene rings is 3. The van der Waals surface area contributed by atoms with Gasteiger partial charge in [-0.2, -0.15) is 0 Å². The molecule has 1 aliphatic heterocycles. The maximum Gasteiger partial charge on any atom is 0.255 e. The highest BCUT2D eigenvalue weighted by Crippen LogP contribution is 2.33. The van der Waals surface area contributed by atoms with Crippen molar-refractivity contribution >= 4 is 23.4 Å². The van der Waals surface area contributed by atoms with Crippen LogP contribution in [0.2, 0.25) is 5.02 Å². The van der Waals surface area contributed by atoms with Crippen LogP contribution in [0.5, 0.6) is 0 Å². The van der Waals surface area contributed by atoms with Gasteiger partial charge in [0.15, 0.2) is 0 Å². The lowest BCUT2D eigenvalue weighted by atomic mass is 10.0. The lowest BCUT2D eigenvalue weighted by Gasteiger charge is -2.35. The van der Waals surface area contributed by atoms with Crippen molar-refractivity contribution in [2.24, 2.45) is 0 Å². The van der Waals surface area contributed by atoms with Crippen LogP contribution in [0, 0.1) is 6.92 Å². The number of nitrogens with zero attached hydrogens (tertiary/aromatic N) is 3. The van der Waals surface area contributed by atoms with Crippen LogP contribution in [-0.4, -0.2) is 52.4 Å². The zero-order valence-corrected chi connectivity index (χ0v) is 24.0. The Morgan fingerprint density at radius 2 is 1.40 bits per heavy atom. The standard InChI is InChI=1S/C34H36ClN3O2/c1-3-4-6-11-26-16-18-28(19-17-26)33(39)36-20-22-37(23-21-36)34(40)29-24-32(27-12-7-5-8-13-27)38(25(29)2)31-15-10-9-14-30(31)35/h5,7-10,12-19,24H,3-4,6,11,20-23H2,1-2H3. The molecular weight excluding hydrogens is 518 g/mol. The molecule has 0 bridgehead atoms. The minimum atomic E-state index is -0.0241. The summed E-state index contributed by atoms with van der Waals surface area (Å²) in [5, 5.41) is 0.624. The fraction of sp³-hybridized carbons (Fsp3) is 0.294. The predicted molar refractivity (Wildman–Crippen MR) is 162 cm³/mol. The highest BCUT2D eigenvalue weighted by Gasteiger charge is 2.28. The molecular formula is C34H36ClN3O2. The molecule has 0 spiro atoms. The average Bonchev–Trinajstić information content (AvgIpc) is 3.34. The molecule has 40 heavy (non-hydrogen) atoms. The van der Waals surface area contributed by atoms with Crippen LogP contribution in [0.1, 0.15) is 58.2 Å². The van der Waals surface area contributed by atoms with Gasteiger partial charge in [-0.25, -0.2) is 0 Å². The first kappa shape index (κ1) is 27.7. The zero-order chi connectivity index (χ0) is 28.1. The second kappa shape index (κ2) is 12.6. The third-order valence-corrected chi connectivity index (χ3v) is 8.08. The third-order valence-electron chi connectivity index (χ3n) is 7.76. The molecule has 0 atom stereocenters. The maximum atomic E-state index is 13.8. The molecule has 6 heteroatoms. The van der Waals surface area contributed by atoms with Gasteiger partial charge in [0, 0.05) is 37.4 Å². The van der Waals surface area contributed by atoms with Gasteiger partial charge in [-0.1, -0.05) is 86.0 Å². The lowest BCUT2D eigenvalue weighted by Crippen LogP contribution is -2.50. The number of unbranched alkanes of at least 4 members (excludes halogenated alkanes) is 2. The van der Waals surface area contributed by atoms with Crippen LogP contribution in [-0.2, 0) is 6.42 Å². The molecule has 1 aromatic heterocycles. The zero-order valence-electron chi connectivity index (χ0n) is 23.3. The van der Waals surface area contributed by atoms with Crippen molar-refractivity contribution in [3.63, 3.8) is 0 Å². The SMILES string of the molecule is CCCCCc1ccc(C(=O)N2CCN(C(=O)c3cc(-c4ccccc4)n(-c4ccccc4Cl)c3C)CC2)cc1. The van der Waals surface area contributed by atoms with Crippen LogP contribution in [0.3, 0.4) is 0 Å². The fourth-order valence-electron chi connectivity index (χ4n) is 5.45. The summed E-state index contributed by atoms with van der Waals surface area (Å²) >= 11 is 6.61. The summed E-state index contributed by atoms with van der Waals surface area (Å²) in [6.07, 6.45) is 4.65. The topological polar surface area (TPSA) is 45.6 Å². The quantitative estimate of drug-likeness (QED) is 0.213. The first-order chi connectivity index (χ1) is 19.5. The van der Waals surface area contributed by atoms with Gasteiger partial charge in [-0.15, -0.1) is 0 Å². The van der Waals surface area contributed by atoms with Crippen molar-refractivity contribution in [1.29, 1.82) is 0 Å². The van der Waals surface area contributed by atoms with E-state index >= 15 is 0 Å². The molecule has 2 heterocycles. The second-order valence-corrected chi connectivity index (χ2v) is 10.8. The Balaban J connectivity index is 1.31. The number of hydrogen-bond acceptors (Lipinski definition) is 2. The van der Waals surface area contributed by atoms with E-state index in [2.05, 4.69) is 23.6 Å². The largest absolute Gasteiger partial charge is 0.335 e. The molecule has 0 saturated carbocycles. The minimum Gasteiger partial charge on any atom is -0.335 e. The fourth-order valence-corrected chi connectivity index (χ4v) is 5.67. The summed E-state index contributed by atoms with van der Waals surface area (Å²) in [6, 6.07) is 27.7. The van der Waals surface area contributed by atoms with Crippen LogP contribution in [0.4, 0.5) is 0 Å². The number of carbonyl (C=O) groups is 2. The molecule has 3 aromatic carbocycles. The third kappa shape index (κ3) is 5.85. The molecule has 0 radical (unpaired) electrons. The number of amides is 2. The van der Waals surface area contributed by atoms with Crippen LogP contribution < -0.4 is 0 Å². The van der Waals surface area contributed by atoms with Crippen molar-refractivity contribution in [1.82, 2.24) is 14.4 Å². The number of halogens is 1. The van der Waals surface area contributed by atoms with E-state index in [-0.39, 0.29) is 11.8 Å². The summed E-state index contributed by atoms with van der Waals surface area (Å²) < 4.78 is 2.07. The molecule has 0 aliphatic carbocycles. The molecule has 1 saturated heterocycles. The first-order valence-electron chi connectivity index (χ1n) is 14.2. The van der Waals surface area contributed by atoms with Crippen LogP contribution in [0.25, 0.3) is 16.9 Å². The number of piperazine rings is 1. The van der Waals surface area contributed by atoms with Crippen molar-refractivity contribution in [2.45, 2.75) is 39.5 Å². The summed E-state index contributed by atoms with van der Waals surface area (Å²) in [7, 11) is 0. The van der Waals surface area contributed by atoms with Gasteiger partial charge in [0.1, 0.15) is 0 Å². The van der Waals surface area contributed by atoms with Gasteiger partial charge in [0.25, 0.3) is 11.8 Å². The Bertz CT molecular complexity index is 1470. The van der Waals surface area contributed by atoms with E-state index in [1.165, 1.54) is 24.8 Å². The maximum absolute atomic E-state index is 13.8. The molecule has 4 aromatic rings. The summed E-state index contributed by atoms with van der Waals surface area (Å²) in [6.45, 7) is 6.19. The van der Waals surface area contributed by atoms with Gasteiger partial charge < -0.3 is 14.4 Å². The molecule has 0 N–H and O–H groups in total. The first-order valence-corrected chi connectivity index (χ1v) is 14.6. The van der Waals surface area contributed by atoms with E-state index in [0.29, 0.717) is 42.3 Å². The number of carbonyl (C=O) groups excluding carboxylic acids is 2. The molecule has 2 amide bonds. The van der Waals surface area contributed by atoms with E-state index in [1.807, 2.05) is 89.5 Å². The average molecular weight is 554 g/mol. The monoisotopic (exact) mass is 553 g/mol. The van der Waals surface area contributed by atoms with Crippen molar-refractivity contribution in [2.75, 3.05) is 26.2 Å². The number of aryl methyl sites for hydroxylation is 1. The molecule has 0 unspecified atom stereocenters. The van der Waals surface area contributed by atoms with Gasteiger partial charge in [0.2, 0.25) is 0 Å². The smallest absolute Gasteiger partial charge is 0.255 e. The molecule has 5 nitrogen and oxygen atoms in total. The van der Waals surface area contributed by atoms with Gasteiger partial charge >= 0.3 is 0 Å². The second-order valence-electron chi connectivity index (χ2n) is 10.4. The summed E-state index contributed by atoms with van der Waals surface area (Å²) in [5.74, 6) is 0.00337. The van der Waals surface area contributed by atoms with Crippen LogP contribution >= 0.6 is 11.6 Å². The van der Waals surface area contributed by atoms with Crippen molar-refractivity contribution in [3.8, 4) is 16.9 Å². The number of aromatic nitrogens is 1. The van der Waals surface area contributed by atoms with E-state index < -0.39 is 0 Å². The summed E-state index contributed by atoms with van der Waals surface area (Å²) in [5.41, 5.74) is 6.24. The number of hydrogen-bond donors (Lipinski definition) is 0. The Morgan fingerprint density at radius 3 is 2.05 bits per heavy atom. The highest BCUT2D eigenvalue weighted by atomic mass is 35.5. The molecule has 206 valence electrons.